The SMILES string of the molecule is COC(=O)C(CO)NC(=O)c1ccc(Br)cc1OC. The molecule has 2 N–H and O–H groups in total. The van der Waals surface area contributed by atoms with Crippen molar-refractivity contribution in [2.24, 2.45) is 0 Å². The van der Waals surface area contributed by atoms with Crippen LogP contribution >= 0.6 is 15.9 Å². The first-order valence-corrected chi connectivity index (χ1v) is 6.15. The molecule has 1 unspecified atom stereocenters. The van der Waals surface area contributed by atoms with Gasteiger partial charge in [0.05, 0.1) is 26.4 Å². The van der Waals surface area contributed by atoms with Crippen molar-refractivity contribution in [3.05, 3.63) is 28.2 Å². The summed E-state index contributed by atoms with van der Waals surface area (Å²) in [4.78, 5) is 23.3. The standard InChI is InChI=1S/C12H14BrNO5/c1-18-10-5-7(13)3-4-8(10)11(16)14-9(6-15)12(17)19-2/h3-5,9,15H,6H2,1-2H3,(H,14,16). The van der Waals surface area contributed by atoms with Crippen LogP contribution in [0.1, 0.15) is 10.4 Å². The molecular weight excluding hydrogens is 318 g/mol. The molecule has 1 aromatic rings. The van der Waals surface area contributed by atoms with Crippen LogP contribution in [0.2, 0.25) is 0 Å². The van der Waals surface area contributed by atoms with Gasteiger partial charge in [-0.05, 0) is 18.2 Å². The molecule has 1 atom stereocenters. The van der Waals surface area contributed by atoms with E-state index in [-0.39, 0.29) is 5.56 Å². The number of aliphatic hydroxyl groups excluding tert-OH is 1. The van der Waals surface area contributed by atoms with E-state index in [0.717, 1.165) is 4.47 Å². The maximum atomic E-state index is 12.0. The Morgan fingerprint density at radius 3 is 2.63 bits per heavy atom. The van der Waals surface area contributed by atoms with Crippen molar-refractivity contribution in [2.75, 3.05) is 20.8 Å². The molecule has 0 aliphatic rings. The van der Waals surface area contributed by atoms with Gasteiger partial charge in [-0.2, -0.15) is 0 Å². The fraction of sp³-hybridized carbons (Fsp3) is 0.333. The van der Waals surface area contributed by atoms with E-state index in [2.05, 4.69) is 26.0 Å². The molecule has 1 aromatic carbocycles. The van der Waals surface area contributed by atoms with Gasteiger partial charge in [0.25, 0.3) is 5.91 Å². The Bertz CT molecular complexity index is 477. The number of hydrogen-bond donors (Lipinski definition) is 2. The van der Waals surface area contributed by atoms with Gasteiger partial charge >= 0.3 is 5.97 Å². The first kappa shape index (κ1) is 15.5. The van der Waals surface area contributed by atoms with E-state index in [1.54, 1.807) is 18.2 Å². The number of carbonyl (C=O) groups excluding carboxylic acids is 2. The van der Waals surface area contributed by atoms with Crippen molar-refractivity contribution in [2.45, 2.75) is 6.04 Å². The molecule has 0 aliphatic heterocycles. The normalized spacial score (nSPS) is 11.6. The Morgan fingerprint density at radius 1 is 1.42 bits per heavy atom. The monoisotopic (exact) mass is 331 g/mol. The molecular formula is C12H14BrNO5. The molecule has 1 amide bonds. The number of amides is 1. The predicted octanol–water partition coefficient (Wildman–Crippen LogP) is 0.721. The molecule has 0 radical (unpaired) electrons. The third-order valence-corrected chi connectivity index (χ3v) is 2.88. The van der Waals surface area contributed by atoms with E-state index in [1.807, 2.05) is 0 Å². The van der Waals surface area contributed by atoms with Crippen molar-refractivity contribution >= 4 is 27.8 Å². The summed E-state index contributed by atoms with van der Waals surface area (Å²) in [6.07, 6.45) is 0. The maximum absolute atomic E-state index is 12.0. The lowest BCUT2D eigenvalue weighted by Crippen LogP contribution is -2.44. The molecule has 0 fully saturated rings. The number of methoxy groups -OCH3 is 2. The molecule has 1 rings (SSSR count). The molecule has 0 bridgehead atoms. The molecule has 19 heavy (non-hydrogen) atoms. The van der Waals surface area contributed by atoms with Gasteiger partial charge in [0, 0.05) is 4.47 Å². The quantitative estimate of drug-likeness (QED) is 0.776. The first-order chi connectivity index (χ1) is 9.03. The van der Waals surface area contributed by atoms with Crippen molar-refractivity contribution in [1.29, 1.82) is 0 Å². The average Bonchev–Trinajstić information content (AvgIpc) is 2.43. The van der Waals surface area contributed by atoms with Crippen molar-refractivity contribution < 1.29 is 24.2 Å². The third kappa shape index (κ3) is 3.93. The second kappa shape index (κ2) is 7.10. The largest absolute Gasteiger partial charge is 0.496 e. The number of halogens is 1. The fourth-order valence-corrected chi connectivity index (χ4v) is 1.75. The lowest BCUT2D eigenvalue weighted by atomic mass is 10.1. The van der Waals surface area contributed by atoms with Gasteiger partial charge in [-0.25, -0.2) is 4.79 Å². The predicted molar refractivity (Wildman–Crippen MR) is 71.1 cm³/mol. The van der Waals surface area contributed by atoms with Crippen LogP contribution in [0, 0.1) is 0 Å². The minimum absolute atomic E-state index is 0.257. The molecule has 104 valence electrons. The summed E-state index contributed by atoms with van der Waals surface area (Å²) in [6.45, 7) is -0.544. The zero-order chi connectivity index (χ0) is 14.4. The second-order valence-electron chi connectivity index (χ2n) is 3.58. The molecule has 0 spiro atoms. The van der Waals surface area contributed by atoms with Crippen LogP contribution in [0.15, 0.2) is 22.7 Å². The number of aliphatic hydroxyl groups is 1. The number of hydrogen-bond acceptors (Lipinski definition) is 5. The van der Waals surface area contributed by atoms with E-state index >= 15 is 0 Å². The Balaban J connectivity index is 2.91. The Morgan fingerprint density at radius 2 is 2.11 bits per heavy atom. The highest BCUT2D eigenvalue weighted by molar-refractivity contribution is 9.10. The number of benzene rings is 1. The minimum Gasteiger partial charge on any atom is -0.496 e. The summed E-state index contributed by atoms with van der Waals surface area (Å²) >= 11 is 3.26. The number of esters is 1. The molecule has 0 saturated carbocycles. The van der Waals surface area contributed by atoms with E-state index in [0.29, 0.717) is 5.75 Å². The first-order valence-electron chi connectivity index (χ1n) is 5.36. The summed E-state index contributed by atoms with van der Waals surface area (Å²) in [7, 11) is 2.61. The van der Waals surface area contributed by atoms with Gasteiger partial charge in [-0.15, -0.1) is 0 Å². The van der Waals surface area contributed by atoms with E-state index < -0.39 is 24.5 Å². The number of ether oxygens (including phenoxy) is 2. The third-order valence-electron chi connectivity index (χ3n) is 2.38. The molecule has 0 aromatic heterocycles. The Hall–Kier alpha value is -1.60. The van der Waals surface area contributed by atoms with Crippen LogP contribution in [0.4, 0.5) is 0 Å². The summed E-state index contributed by atoms with van der Waals surface area (Å²) in [5.74, 6) is -0.894. The zero-order valence-corrected chi connectivity index (χ0v) is 12.1. The van der Waals surface area contributed by atoms with E-state index in [4.69, 9.17) is 9.84 Å². The van der Waals surface area contributed by atoms with Crippen LogP contribution in [0.3, 0.4) is 0 Å². The van der Waals surface area contributed by atoms with Crippen LogP contribution in [-0.4, -0.2) is 43.9 Å². The number of nitrogens with one attached hydrogen (secondary N) is 1. The van der Waals surface area contributed by atoms with E-state index in [1.165, 1.54) is 14.2 Å². The zero-order valence-electron chi connectivity index (χ0n) is 10.5. The molecule has 0 aliphatic carbocycles. The average molecular weight is 332 g/mol. The van der Waals surface area contributed by atoms with Crippen LogP contribution in [0.5, 0.6) is 5.75 Å². The second-order valence-corrected chi connectivity index (χ2v) is 4.49. The van der Waals surface area contributed by atoms with Crippen LogP contribution in [0.25, 0.3) is 0 Å². The Kier molecular flexibility index (Phi) is 5.78. The highest BCUT2D eigenvalue weighted by atomic mass is 79.9. The summed E-state index contributed by atoms with van der Waals surface area (Å²) in [6, 6.07) is 3.74. The summed E-state index contributed by atoms with van der Waals surface area (Å²) in [5, 5.41) is 11.4. The van der Waals surface area contributed by atoms with E-state index in [9.17, 15) is 9.59 Å². The lowest BCUT2D eigenvalue weighted by molar-refractivity contribution is -0.143. The smallest absolute Gasteiger partial charge is 0.330 e. The van der Waals surface area contributed by atoms with Gasteiger partial charge in [-0.1, -0.05) is 15.9 Å². The molecule has 0 saturated heterocycles. The van der Waals surface area contributed by atoms with Crippen molar-refractivity contribution in [1.82, 2.24) is 5.32 Å². The summed E-state index contributed by atoms with van der Waals surface area (Å²) in [5.41, 5.74) is 0.257. The minimum atomic E-state index is -1.11. The van der Waals surface area contributed by atoms with Gasteiger partial charge < -0.3 is 19.9 Å². The van der Waals surface area contributed by atoms with Crippen molar-refractivity contribution in [3.63, 3.8) is 0 Å². The van der Waals surface area contributed by atoms with Crippen LogP contribution in [-0.2, 0) is 9.53 Å². The number of carbonyl (C=O) groups is 2. The van der Waals surface area contributed by atoms with Gasteiger partial charge in [0.15, 0.2) is 6.04 Å². The molecule has 7 heteroatoms. The van der Waals surface area contributed by atoms with Crippen LogP contribution < -0.4 is 10.1 Å². The summed E-state index contributed by atoms with van der Waals surface area (Å²) < 4.78 is 10.3. The van der Waals surface area contributed by atoms with Gasteiger partial charge in [0.1, 0.15) is 5.75 Å². The molecule has 6 nitrogen and oxygen atoms in total. The number of rotatable bonds is 5. The topological polar surface area (TPSA) is 84.9 Å². The molecule has 0 heterocycles. The highest BCUT2D eigenvalue weighted by Gasteiger charge is 2.22. The van der Waals surface area contributed by atoms with Crippen molar-refractivity contribution in [3.8, 4) is 5.75 Å². The highest BCUT2D eigenvalue weighted by Crippen LogP contribution is 2.23. The van der Waals surface area contributed by atoms with Gasteiger partial charge in [0.2, 0.25) is 0 Å². The lowest BCUT2D eigenvalue weighted by Gasteiger charge is -2.15. The fourth-order valence-electron chi connectivity index (χ4n) is 1.41. The Labute approximate surface area is 118 Å². The maximum Gasteiger partial charge on any atom is 0.330 e. The van der Waals surface area contributed by atoms with Gasteiger partial charge in [-0.3, -0.25) is 4.79 Å².